The molecule has 2 aromatic rings. The molecule has 1 fully saturated rings. The van der Waals surface area contributed by atoms with Crippen LogP contribution in [0.3, 0.4) is 0 Å². The van der Waals surface area contributed by atoms with E-state index in [1.165, 1.54) is 11.1 Å². The van der Waals surface area contributed by atoms with Gasteiger partial charge in [-0.3, -0.25) is 4.79 Å². The number of fused-ring (bicyclic) bond motifs is 4. The second-order valence-corrected chi connectivity index (χ2v) is 13.9. The van der Waals surface area contributed by atoms with E-state index in [4.69, 9.17) is 16.3 Å². The Hall–Kier alpha value is -2.55. The van der Waals surface area contributed by atoms with Crippen molar-refractivity contribution < 1.29 is 23.1 Å². The van der Waals surface area contributed by atoms with Crippen LogP contribution in [0.15, 0.2) is 48.6 Å². The first-order chi connectivity index (χ1) is 18.7. The molecular weight excluding hydrogens is 536 g/mol. The number of anilines is 1. The van der Waals surface area contributed by atoms with Crippen molar-refractivity contribution in [3.05, 3.63) is 70.3 Å². The number of nitrogens with one attached hydrogen (secondary N) is 1. The van der Waals surface area contributed by atoms with Gasteiger partial charge in [0.25, 0.3) is 5.91 Å². The summed E-state index contributed by atoms with van der Waals surface area (Å²) in [5.41, 5.74) is 3.41. The zero-order chi connectivity index (χ0) is 27.2. The van der Waals surface area contributed by atoms with Gasteiger partial charge in [0, 0.05) is 29.1 Å². The SMILES string of the molecule is O=C1NS(=O)(=O)CC/C=C/[C@@H](O)C[C@@H]2CC[C@H]2CN2C[C@@]3(CCCc4cc(Cl)ccc43)COc3ccc1cc32. The lowest BCUT2D eigenvalue weighted by Gasteiger charge is -2.45. The van der Waals surface area contributed by atoms with Crippen LogP contribution in [-0.4, -0.2) is 51.0 Å². The van der Waals surface area contributed by atoms with E-state index in [0.717, 1.165) is 55.9 Å². The van der Waals surface area contributed by atoms with E-state index < -0.39 is 22.0 Å². The average Bonchev–Trinajstić information content (AvgIpc) is 3.04. The largest absolute Gasteiger partial charge is 0.490 e. The van der Waals surface area contributed by atoms with Crippen molar-refractivity contribution >= 4 is 33.2 Å². The molecule has 208 valence electrons. The van der Waals surface area contributed by atoms with Gasteiger partial charge in [0.1, 0.15) is 5.75 Å². The highest BCUT2D eigenvalue weighted by atomic mass is 35.5. The summed E-state index contributed by atoms with van der Waals surface area (Å²) in [5, 5.41) is 11.4. The Morgan fingerprint density at radius 1 is 1.13 bits per heavy atom. The summed E-state index contributed by atoms with van der Waals surface area (Å²) in [6, 6.07) is 11.4. The number of hydrogen-bond acceptors (Lipinski definition) is 6. The Bertz CT molecular complexity index is 1410. The maximum atomic E-state index is 13.0. The van der Waals surface area contributed by atoms with Gasteiger partial charge in [0.05, 0.1) is 24.2 Å². The molecular formula is C30H35ClN2O5S. The van der Waals surface area contributed by atoms with Crippen LogP contribution in [0.2, 0.25) is 5.02 Å². The molecule has 2 N–H and O–H groups in total. The normalized spacial score (nSPS) is 31.1. The van der Waals surface area contributed by atoms with E-state index in [1.54, 1.807) is 30.4 Å². The van der Waals surface area contributed by atoms with Gasteiger partial charge in [-0.1, -0.05) is 29.8 Å². The summed E-state index contributed by atoms with van der Waals surface area (Å²) in [5.74, 6) is 0.628. The van der Waals surface area contributed by atoms with Gasteiger partial charge in [-0.05, 0) is 98.2 Å². The maximum absolute atomic E-state index is 13.0. The summed E-state index contributed by atoms with van der Waals surface area (Å²) >= 11 is 6.36. The van der Waals surface area contributed by atoms with E-state index >= 15 is 0 Å². The molecule has 6 rings (SSSR count). The van der Waals surface area contributed by atoms with E-state index in [1.807, 2.05) is 6.07 Å². The summed E-state index contributed by atoms with van der Waals surface area (Å²) in [7, 11) is -3.82. The Labute approximate surface area is 235 Å². The van der Waals surface area contributed by atoms with Gasteiger partial charge in [-0.2, -0.15) is 0 Å². The van der Waals surface area contributed by atoms with Crippen molar-refractivity contribution in [2.24, 2.45) is 11.8 Å². The minimum Gasteiger partial charge on any atom is -0.490 e. The molecule has 0 radical (unpaired) electrons. The summed E-state index contributed by atoms with van der Waals surface area (Å²) in [6.45, 7) is 2.03. The van der Waals surface area contributed by atoms with E-state index in [9.17, 15) is 18.3 Å². The molecule has 1 saturated carbocycles. The van der Waals surface area contributed by atoms with Crippen molar-refractivity contribution in [2.75, 3.05) is 30.3 Å². The third-order valence-corrected chi connectivity index (χ3v) is 10.5. The monoisotopic (exact) mass is 570 g/mol. The zero-order valence-electron chi connectivity index (χ0n) is 21.9. The van der Waals surface area contributed by atoms with Crippen molar-refractivity contribution in [3.63, 3.8) is 0 Å². The molecule has 1 amide bonds. The number of aliphatic hydroxyl groups excluding tert-OH is 1. The molecule has 2 aromatic carbocycles. The van der Waals surface area contributed by atoms with Crippen molar-refractivity contribution in [1.29, 1.82) is 0 Å². The minimum atomic E-state index is -3.82. The maximum Gasteiger partial charge on any atom is 0.264 e. The van der Waals surface area contributed by atoms with Crippen molar-refractivity contribution in [1.82, 2.24) is 4.72 Å². The van der Waals surface area contributed by atoms with Crippen LogP contribution in [0.5, 0.6) is 5.75 Å². The lowest BCUT2D eigenvalue weighted by molar-refractivity contribution is 0.0980. The van der Waals surface area contributed by atoms with E-state index in [-0.39, 0.29) is 17.6 Å². The Morgan fingerprint density at radius 2 is 1.97 bits per heavy atom. The van der Waals surface area contributed by atoms with E-state index in [0.29, 0.717) is 36.2 Å². The standard InChI is InChI=1S/C30H35ClN2O5S/c31-24-9-10-26-21(14-24)4-3-12-30(26)18-33-17-23-7-6-20(23)15-25(34)5-1-2-13-39(36,37)32-29(35)22-8-11-28(38-19-30)27(33)16-22/h1,5,8-11,14,16,20,23,25,34H,2-4,6-7,12-13,15,17-19H2,(H,32,35)/b5-1+/t20-,23-,25+,30-/m0/s1. The fraction of sp³-hybridized carbons (Fsp3) is 0.500. The average molecular weight is 571 g/mol. The molecule has 0 aromatic heterocycles. The van der Waals surface area contributed by atoms with Crippen LogP contribution in [0.4, 0.5) is 5.69 Å². The Kier molecular flexibility index (Phi) is 7.14. The van der Waals surface area contributed by atoms with Crippen LogP contribution in [0.25, 0.3) is 0 Å². The molecule has 4 atom stereocenters. The number of halogens is 1. The molecule has 2 bridgehead atoms. The predicted octanol–water partition coefficient (Wildman–Crippen LogP) is 4.61. The molecule has 4 aliphatic rings. The molecule has 0 unspecified atom stereocenters. The first-order valence-electron chi connectivity index (χ1n) is 13.9. The quantitative estimate of drug-likeness (QED) is 0.449. The number of nitrogens with zero attached hydrogens (tertiary/aromatic N) is 1. The lowest BCUT2D eigenvalue weighted by Crippen LogP contribution is -2.48. The van der Waals surface area contributed by atoms with Crippen LogP contribution in [0.1, 0.15) is 60.0 Å². The number of hydrogen-bond donors (Lipinski definition) is 2. The molecule has 2 aliphatic carbocycles. The molecule has 9 heteroatoms. The number of aryl methyl sites for hydroxylation is 1. The highest BCUT2D eigenvalue weighted by Crippen LogP contribution is 2.46. The zero-order valence-corrected chi connectivity index (χ0v) is 23.5. The number of aliphatic hydroxyl groups is 1. The fourth-order valence-corrected chi connectivity index (χ4v) is 7.99. The second-order valence-electron chi connectivity index (χ2n) is 11.7. The first-order valence-corrected chi connectivity index (χ1v) is 15.9. The fourth-order valence-electron chi connectivity index (χ4n) is 6.84. The number of rotatable bonds is 0. The topological polar surface area (TPSA) is 95.9 Å². The molecule has 2 aliphatic heterocycles. The van der Waals surface area contributed by atoms with Crippen LogP contribution in [-0.2, 0) is 21.9 Å². The summed E-state index contributed by atoms with van der Waals surface area (Å²) < 4.78 is 33.9. The second kappa shape index (κ2) is 10.5. The molecule has 1 spiro atoms. The van der Waals surface area contributed by atoms with Crippen LogP contribution in [0, 0.1) is 11.8 Å². The van der Waals surface area contributed by atoms with Gasteiger partial charge in [-0.25, -0.2) is 13.1 Å². The third-order valence-electron chi connectivity index (χ3n) is 9.03. The molecule has 7 nitrogen and oxygen atoms in total. The minimum absolute atomic E-state index is 0.222. The van der Waals surface area contributed by atoms with Gasteiger partial charge in [0.15, 0.2) is 0 Å². The van der Waals surface area contributed by atoms with Crippen molar-refractivity contribution in [2.45, 2.75) is 56.5 Å². The molecule has 2 heterocycles. The molecule has 0 saturated heterocycles. The first kappa shape index (κ1) is 26.7. The van der Waals surface area contributed by atoms with Gasteiger partial charge < -0.3 is 14.7 Å². The summed E-state index contributed by atoms with van der Waals surface area (Å²) in [6.07, 6.45) is 8.83. The Balaban J connectivity index is 1.41. The number of allylic oxidation sites excluding steroid dienone is 1. The van der Waals surface area contributed by atoms with Crippen molar-refractivity contribution in [3.8, 4) is 5.75 Å². The lowest BCUT2D eigenvalue weighted by atomic mass is 9.68. The summed E-state index contributed by atoms with van der Waals surface area (Å²) in [4.78, 5) is 15.4. The van der Waals surface area contributed by atoms with Crippen LogP contribution < -0.4 is 14.4 Å². The van der Waals surface area contributed by atoms with Crippen LogP contribution >= 0.6 is 11.6 Å². The van der Waals surface area contributed by atoms with Gasteiger partial charge >= 0.3 is 0 Å². The number of benzene rings is 2. The Morgan fingerprint density at radius 3 is 2.79 bits per heavy atom. The molecule has 39 heavy (non-hydrogen) atoms. The number of carbonyl (C=O) groups excluding carboxylic acids is 1. The van der Waals surface area contributed by atoms with Gasteiger partial charge in [0.2, 0.25) is 10.0 Å². The highest BCUT2D eigenvalue weighted by molar-refractivity contribution is 7.90. The van der Waals surface area contributed by atoms with E-state index in [2.05, 4.69) is 21.8 Å². The number of ether oxygens (including phenoxy) is 1. The number of carbonyl (C=O) groups is 1. The highest BCUT2D eigenvalue weighted by Gasteiger charge is 2.43. The smallest absolute Gasteiger partial charge is 0.264 e. The third kappa shape index (κ3) is 5.43. The predicted molar refractivity (Wildman–Crippen MR) is 152 cm³/mol. The number of sulfonamides is 1. The number of amides is 1. The van der Waals surface area contributed by atoms with Gasteiger partial charge in [-0.15, -0.1) is 0 Å².